The Morgan fingerprint density at radius 2 is 1.76 bits per heavy atom. The number of hydrogen-bond donors (Lipinski definition) is 3. The monoisotopic (exact) mass is 389 g/mol. The second kappa shape index (κ2) is 9.61. The van der Waals surface area contributed by atoms with Gasteiger partial charge in [-0.25, -0.2) is 0 Å². The highest BCUT2D eigenvalue weighted by molar-refractivity contribution is 5.83. The first kappa shape index (κ1) is 19.5. The normalized spacial score (nSPS) is 15.1. The van der Waals surface area contributed by atoms with Crippen molar-refractivity contribution in [1.29, 1.82) is 0 Å². The minimum atomic E-state index is 0.775. The minimum absolute atomic E-state index is 0.775. The fourth-order valence-electron chi connectivity index (χ4n) is 4.02. The van der Waals surface area contributed by atoms with Crippen LogP contribution in [0.5, 0.6) is 0 Å². The summed E-state index contributed by atoms with van der Waals surface area (Å²) in [5.74, 6) is 0.839. The Balaban J connectivity index is 1.23. The van der Waals surface area contributed by atoms with Gasteiger partial charge in [0.25, 0.3) is 0 Å². The highest BCUT2D eigenvalue weighted by atomic mass is 15.2. The van der Waals surface area contributed by atoms with Gasteiger partial charge in [0.2, 0.25) is 0 Å². The molecule has 4 rings (SSSR count). The van der Waals surface area contributed by atoms with E-state index in [4.69, 9.17) is 0 Å². The van der Waals surface area contributed by atoms with Gasteiger partial charge in [0.15, 0.2) is 5.96 Å². The van der Waals surface area contributed by atoms with Crippen LogP contribution in [0.1, 0.15) is 29.5 Å². The molecule has 3 N–H and O–H groups in total. The summed E-state index contributed by atoms with van der Waals surface area (Å²) in [4.78, 5) is 10.2. The largest absolute Gasteiger partial charge is 0.361 e. The molecule has 3 aromatic rings. The van der Waals surface area contributed by atoms with Gasteiger partial charge in [-0.3, -0.25) is 9.89 Å². The number of aromatic nitrogens is 1. The molecule has 0 spiro atoms. The molecule has 0 radical (unpaired) electrons. The molecule has 1 saturated heterocycles. The predicted molar refractivity (Wildman–Crippen MR) is 121 cm³/mol. The van der Waals surface area contributed by atoms with Gasteiger partial charge in [-0.15, -0.1) is 0 Å². The van der Waals surface area contributed by atoms with Gasteiger partial charge in [0, 0.05) is 43.8 Å². The molecule has 1 aliphatic rings. The highest BCUT2D eigenvalue weighted by Gasteiger charge is 2.11. The quantitative estimate of drug-likeness (QED) is 0.427. The number of likely N-dealkylation sites (tertiary alicyclic amines) is 1. The van der Waals surface area contributed by atoms with Gasteiger partial charge in [0.1, 0.15) is 0 Å². The van der Waals surface area contributed by atoms with E-state index in [1.54, 1.807) is 0 Å². The second-order valence-corrected chi connectivity index (χ2v) is 7.76. The zero-order valence-electron chi connectivity index (χ0n) is 17.2. The van der Waals surface area contributed by atoms with Crippen molar-refractivity contribution in [2.75, 3.05) is 26.7 Å². The van der Waals surface area contributed by atoms with Crippen LogP contribution in [-0.2, 0) is 19.5 Å². The molecular weight excluding hydrogens is 358 g/mol. The van der Waals surface area contributed by atoms with Crippen LogP contribution in [0, 0.1) is 0 Å². The number of benzene rings is 2. The van der Waals surface area contributed by atoms with Crippen LogP contribution in [0.15, 0.2) is 59.7 Å². The number of nitrogens with one attached hydrogen (secondary N) is 3. The van der Waals surface area contributed by atoms with Crippen LogP contribution in [0.4, 0.5) is 0 Å². The summed E-state index contributed by atoms with van der Waals surface area (Å²) in [5, 5.41) is 8.13. The lowest BCUT2D eigenvalue weighted by molar-refractivity contribution is 0.331. The Morgan fingerprint density at radius 1 is 1.00 bits per heavy atom. The first-order valence-corrected chi connectivity index (χ1v) is 10.6. The van der Waals surface area contributed by atoms with Gasteiger partial charge < -0.3 is 15.6 Å². The van der Waals surface area contributed by atoms with E-state index in [9.17, 15) is 0 Å². The molecule has 1 aliphatic heterocycles. The van der Waals surface area contributed by atoms with Crippen molar-refractivity contribution in [2.24, 2.45) is 4.99 Å². The van der Waals surface area contributed by atoms with Crippen LogP contribution in [0.2, 0.25) is 0 Å². The number of para-hydroxylation sites is 1. The predicted octanol–water partition coefficient (Wildman–Crippen LogP) is 3.67. The Morgan fingerprint density at radius 3 is 2.55 bits per heavy atom. The molecule has 152 valence electrons. The van der Waals surface area contributed by atoms with E-state index in [2.05, 4.69) is 80.2 Å². The van der Waals surface area contributed by atoms with Crippen molar-refractivity contribution < 1.29 is 0 Å². The third-order valence-electron chi connectivity index (χ3n) is 5.67. The minimum Gasteiger partial charge on any atom is -0.361 e. The smallest absolute Gasteiger partial charge is 0.191 e. The van der Waals surface area contributed by atoms with Crippen LogP contribution in [0.3, 0.4) is 0 Å². The van der Waals surface area contributed by atoms with E-state index in [-0.39, 0.29) is 0 Å². The number of aromatic amines is 1. The topological polar surface area (TPSA) is 55.5 Å². The standard InChI is InChI=1S/C24H31N5/c1-25-24(26-13-12-21-17-27-23-7-3-2-6-22(21)23)28-16-19-8-10-20(11-9-19)18-29-14-4-5-15-29/h2-3,6-11,17,27H,4-5,12-16,18H2,1H3,(H2,25,26,28). The molecule has 2 heterocycles. The summed E-state index contributed by atoms with van der Waals surface area (Å²) in [5.41, 5.74) is 5.20. The molecule has 5 heteroatoms. The molecule has 0 amide bonds. The van der Waals surface area contributed by atoms with E-state index in [1.807, 2.05) is 7.05 Å². The number of hydrogen-bond acceptors (Lipinski definition) is 2. The summed E-state index contributed by atoms with van der Waals surface area (Å²) >= 11 is 0. The molecule has 5 nitrogen and oxygen atoms in total. The first-order valence-electron chi connectivity index (χ1n) is 10.6. The lowest BCUT2D eigenvalue weighted by Crippen LogP contribution is -2.37. The summed E-state index contributed by atoms with van der Waals surface area (Å²) in [6.45, 7) is 5.17. The average Bonchev–Trinajstić information content (AvgIpc) is 3.42. The van der Waals surface area contributed by atoms with Crippen LogP contribution < -0.4 is 10.6 Å². The summed E-state index contributed by atoms with van der Waals surface area (Å²) < 4.78 is 0. The molecule has 0 saturated carbocycles. The van der Waals surface area contributed by atoms with Crippen molar-refractivity contribution >= 4 is 16.9 Å². The Hall–Kier alpha value is -2.79. The molecule has 2 aromatic carbocycles. The second-order valence-electron chi connectivity index (χ2n) is 7.76. The fourth-order valence-corrected chi connectivity index (χ4v) is 4.02. The van der Waals surface area contributed by atoms with E-state index in [1.165, 1.54) is 53.5 Å². The number of guanidine groups is 1. The van der Waals surface area contributed by atoms with Gasteiger partial charge in [-0.05, 0) is 55.1 Å². The fraction of sp³-hybridized carbons (Fsp3) is 0.375. The molecule has 0 bridgehead atoms. The van der Waals surface area contributed by atoms with Crippen LogP contribution in [-0.4, -0.2) is 42.5 Å². The van der Waals surface area contributed by atoms with Crippen molar-refractivity contribution in [3.05, 3.63) is 71.4 Å². The molecule has 1 fully saturated rings. The molecule has 0 atom stereocenters. The molecular formula is C24H31N5. The Bertz CT molecular complexity index is 935. The van der Waals surface area contributed by atoms with E-state index < -0.39 is 0 Å². The van der Waals surface area contributed by atoms with Gasteiger partial charge in [-0.1, -0.05) is 42.5 Å². The molecule has 1 aromatic heterocycles. The first-order chi connectivity index (χ1) is 14.3. The van der Waals surface area contributed by atoms with E-state index in [0.29, 0.717) is 0 Å². The number of nitrogens with zero attached hydrogens (tertiary/aromatic N) is 2. The molecule has 0 aliphatic carbocycles. The molecule has 0 unspecified atom stereocenters. The van der Waals surface area contributed by atoms with Gasteiger partial charge in [0.05, 0.1) is 0 Å². The maximum absolute atomic E-state index is 4.35. The summed E-state index contributed by atoms with van der Waals surface area (Å²) in [6.07, 6.45) is 5.74. The number of H-pyrrole nitrogens is 1. The van der Waals surface area contributed by atoms with Gasteiger partial charge >= 0.3 is 0 Å². The Labute approximate surface area is 173 Å². The van der Waals surface area contributed by atoms with E-state index >= 15 is 0 Å². The number of fused-ring (bicyclic) bond motifs is 1. The number of rotatable bonds is 7. The third-order valence-corrected chi connectivity index (χ3v) is 5.67. The highest BCUT2D eigenvalue weighted by Crippen LogP contribution is 2.17. The summed E-state index contributed by atoms with van der Waals surface area (Å²) in [6, 6.07) is 17.4. The maximum atomic E-state index is 4.35. The average molecular weight is 390 g/mol. The Kier molecular flexibility index (Phi) is 6.47. The zero-order chi connectivity index (χ0) is 19.9. The van der Waals surface area contributed by atoms with Crippen molar-refractivity contribution in [3.63, 3.8) is 0 Å². The van der Waals surface area contributed by atoms with E-state index in [0.717, 1.165) is 32.0 Å². The van der Waals surface area contributed by atoms with Crippen LogP contribution >= 0.6 is 0 Å². The SMILES string of the molecule is CN=C(NCCc1c[nH]c2ccccc12)NCc1ccc(CN2CCCC2)cc1. The number of aliphatic imine (C=N–C) groups is 1. The van der Waals surface area contributed by atoms with Crippen LogP contribution in [0.25, 0.3) is 10.9 Å². The molecule has 29 heavy (non-hydrogen) atoms. The van der Waals surface area contributed by atoms with Crippen molar-refractivity contribution in [3.8, 4) is 0 Å². The van der Waals surface area contributed by atoms with Gasteiger partial charge in [-0.2, -0.15) is 0 Å². The van der Waals surface area contributed by atoms with Crippen molar-refractivity contribution in [2.45, 2.75) is 32.4 Å². The third kappa shape index (κ3) is 5.18. The summed E-state index contributed by atoms with van der Waals surface area (Å²) in [7, 11) is 1.82. The lowest BCUT2D eigenvalue weighted by atomic mass is 10.1. The maximum Gasteiger partial charge on any atom is 0.191 e. The zero-order valence-corrected chi connectivity index (χ0v) is 17.2. The van der Waals surface area contributed by atoms with Crippen molar-refractivity contribution in [1.82, 2.24) is 20.5 Å². The lowest BCUT2D eigenvalue weighted by Gasteiger charge is -2.15.